The Morgan fingerprint density at radius 2 is 1.78 bits per heavy atom. The number of anilines is 1. The van der Waals surface area contributed by atoms with Crippen molar-refractivity contribution in [2.45, 2.75) is 17.0 Å². The minimum absolute atomic E-state index is 0.125. The van der Waals surface area contributed by atoms with E-state index in [2.05, 4.69) is 26.9 Å². The molecule has 0 aliphatic carbocycles. The van der Waals surface area contributed by atoms with Gasteiger partial charge in [-0.05, 0) is 47.5 Å². The van der Waals surface area contributed by atoms with E-state index in [-0.39, 0.29) is 11.8 Å². The first kappa shape index (κ1) is 21.7. The van der Waals surface area contributed by atoms with Crippen LogP contribution in [-0.2, 0) is 10.5 Å². The molecular weight excluding hydrogens is 440 g/mol. The molecule has 0 saturated carbocycles. The van der Waals surface area contributed by atoms with Gasteiger partial charge in [0.2, 0.25) is 5.91 Å². The largest absolute Gasteiger partial charge is 0.326 e. The number of thioether (sulfide) groups is 1. The first-order chi connectivity index (χ1) is 15.6. The maximum absolute atomic E-state index is 12.3. The van der Waals surface area contributed by atoms with Crippen LogP contribution in [-0.4, -0.2) is 23.0 Å². The van der Waals surface area contributed by atoms with E-state index in [1.165, 1.54) is 11.6 Å². The summed E-state index contributed by atoms with van der Waals surface area (Å²) in [7, 11) is 0. The number of thiazole rings is 1. The van der Waals surface area contributed by atoms with Crippen molar-refractivity contribution in [1.29, 1.82) is 0 Å². The van der Waals surface area contributed by atoms with Gasteiger partial charge in [-0.25, -0.2) is 10.4 Å². The highest BCUT2D eigenvalue weighted by atomic mass is 32.2. The van der Waals surface area contributed by atoms with Crippen LogP contribution < -0.4 is 10.7 Å². The quantitative estimate of drug-likeness (QED) is 0.222. The predicted octanol–water partition coefficient (Wildman–Crippen LogP) is 5.31. The molecule has 1 heterocycles. The number of hydrogen-bond donors (Lipinski definition) is 2. The van der Waals surface area contributed by atoms with Gasteiger partial charge in [-0.3, -0.25) is 9.59 Å². The number of hydrogen-bond acceptors (Lipinski definition) is 6. The summed E-state index contributed by atoms with van der Waals surface area (Å²) >= 11 is 3.38. The molecule has 0 atom stereocenters. The first-order valence-corrected chi connectivity index (χ1v) is 11.7. The Labute approximate surface area is 193 Å². The monoisotopic (exact) mass is 460 g/mol. The van der Waals surface area contributed by atoms with Crippen molar-refractivity contribution < 1.29 is 9.59 Å². The van der Waals surface area contributed by atoms with Gasteiger partial charge in [-0.2, -0.15) is 5.10 Å². The van der Waals surface area contributed by atoms with E-state index in [9.17, 15) is 9.59 Å². The van der Waals surface area contributed by atoms with Crippen LogP contribution in [0.1, 0.15) is 28.4 Å². The molecule has 0 saturated heterocycles. The zero-order valence-electron chi connectivity index (χ0n) is 17.2. The third-order valence-electron chi connectivity index (χ3n) is 4.46. The zero-order valence-corrected chi connectivity index (χ0v) is 18.9. The molecule has 160 valence electrons. The Hall–Kier alpha value is -3.49. The predicted molar refractivity (Wildman–Crippen MR) is 131 cm³/mol. The second-order valence-electron chi connectivity index (χ2n) is 6.94. The van der Waals surface area contributed by atoms with Gasteiger partial charge in [0, 0.05) is 23.9 Å². The summed E-state index contributed by atoms with van der Waals surface area (Å²) in [6.07, 6.45) is 1.55. The van der Waals surface area contributed by atoms with Crippen molar-refractivity contribution in [2.24, 2.45) is 5.10 Å². The Morgan fingerprint density at radius 1 is 1.03 bits per heavy atom. The summed E-state index contributed by atoms with van der Waals surface area (Å²) in [5.41, 5.74) is 6.73. The van der Waals surface area contributed by atoms with Gasteiger partial charge < -0.3 is 5.32 Å². The summed E-state index contributed by atoms with van der Waals surface area (Å²) in [4.78, 5) is 28.0. The fourth-order valence-electron chi connectivity index (χ4n) is 2.90. The fourth-order valence-corrected chi connectivity index (χ4v) is 4.92. The lowest BCUT2D eigenvalue weighted by atomic mass is 10.1. The molecule has 2 amide bonds. The highest BCUT2D eigenvalue weighted by Gasteiger charge is 2.07. The van der Waals surface area contributed by atoms with Crippen LogP contribution in [0.3, 0.4) is 0 Å². The topological polar surface area (TPSA) is 83.5 Å². The number of para-hydroxylation sites is 1. The summed E-state index contributed by atoms with van der Waals surface area (Å²) in [6.45, 7) is 1.46. The molecule has 8 heteroatoms. The molecule has 0 aliphatic rings. The van der Waals surface area contributed by atoms with Gasteiger partial charge >= 0.3 is 0 Å². The summed E-state index contributed by atoms with van der Waals surface area (Å²) in [5, 5.41) is 6.70. The molecule has 32 heavy (non-hydrogen) atoms. The molecule has 2 N–H and O–H groups in total. The number of amides is 2. The third kappa shape index (κ3) is 5.81. The molecule has 0 spiro atoms. The zero-order chi connectivity index (χ0) is 22.3. The average molecular weight is 461 g/mol. The Kier molecular flexibility index (Phi) is 6.94. The minimum atomic E-state index is -0.276. The summed E-state index contributed by atoms with van der Waals surface area (Å²) in [5.74, 6) is 0.385. The van der Waals surface area contributed by atoms with E-state index < -0.39 is 0 Å². The SMILES string of the molecule is CC(=O)Nc1ccc(/C=N/NC(=O)c2ccc(CSc3nc4ccccc4s3)cc2)cc1. The Balaban J connectivity index is 1.28. The van der Waals surface area contributed by atoms with E-state index in [1.807, 2.05) is 30.3 Å². The Bertz CT molecular complexity index is 1230. The van der Waals surface area contributed by atoms with Gasteiger partial charge in [0.15, 0.2) is 4.34 Å². The lowest BCUT2D eigenvalue weighted by Crippen LogP contribution is -2.17. The van der Waals surface area contributed by atoms with Crippen molar-refractivity contribution in [3.8, 4) is 0 Å². The van der Waals surface area contributed by atoms with Crippen LogP contribution >= 0.6 is 23.1 Å². The number of nitrogens with one attached hydrogen (secondary N) is 2. The number of hydrazone groups is 1. The second kappa shape index (κ2) is 10.2. The van der Waals surface area contributed by atoms with Crippen LogP contribution in [0.25, 0.3) is 10.2 Å². The number of carbonyl (C=O) groups is 2. The third-order valence-corrected chi connectivity index (χ3v) is 6.71. The van der Waals surface area contributed by atoms with Crippen molar-refractivity contribution in [3.05, 3.63) is 89.5 Å². The smallest absolute Gasteiger partial charge is 0.271 e. The van der Waals surface area contributed by atoms with Crippen LogP contribution in [0.15, 0.2) is 82.2 Å². The number of carbonyl (C=O) groups excluding carboxylic acids is 2. The number of aromatic nitrogens is 1. The summed E-state index contributed by atoms with van der Waals surface area (Å²) in [6, 6.07) is 22.7. The van der Waals surface area contributed by atoms with Gasteiger partial charge in [-0.15, -0.1) is 11.3 Å². The molecule has 0 aliphatic heterocycles. The lowest BCUT2D eigenvalue weighted by Gasteiger charge is -2.03. The van der Waals surface area contributed by atoms with E-state index in [0.29, 0.717) is 11.3 Å². The molecular formula is C24H20N4O2S2. The highest BCUT2D eigenvalue weighted by molar-refractivity contribution is 8.00. The maximum atomic E-state index is 12.3. The molecule has 4 aromatic rings. The number of rotatable bonds is 7. The van der Waals surface area contributed by atoms with Gasteiger partial charge in [-0.1, -0.05) is 48.2 Å². The molecule has 0 bridgehead atoms. The van der Waals surface area contributed by atoms with E-state index in [4.69, 9.17) is 0 Å². The fraction of sp³-hybridized carbons (Fsp3) is 0.0833. The molecule has 3 aromatic carbocycles. The van der Waals surface area contributed by atoms with E-state index >= 15 is 0 Å². The number of benzene rings is 3. The first-order valence-electron chi connectivity index (χ1n) is 9.85. The number of fused-ring (bicyclic) bond motifs is 1. The van der Waals surface area contributed by atoms with Crippen molar-refractivity contribution in [3.63, 3.8) is 0 Å². The van der Waals surface area contributed by atoms with Crippen LogP contribution in [0.5, 0.6) is 0 Å². The number of nitrogens with zero attached hydrogens (tertiary/aromatic N) is 2. The normalized spacial score (nSPS) is 11.0. The lowest BCUT2D eigenvalue weighted by molar-refractivity contribution is -0.114. The van der Waals surface area contributed by atoms with E-state index in [1.54, 1.807) is 65.7 Å². The van der Waals surface area contributed by atoms with Crippen molar-refractivity contribution in [1.82, 2.24) is 10.4 Å². The van der Waals surface area contributed by atoms with Gasteiger partial charge in [0.05, 0.1) is 16.4 Å². The van der Waals surface area contributed by atoms with E-state index in [0.717, 1.165) is 26.7 Å². The second-order valence-corrected chi connectivity index (χ2v) is 9.19. The van der Waals surface area contributed by atoms with Crippen LogP contribution in [0, 0.1) is 0 Å². The van der Waals surface area contributed by atoms with Gasteiger partial charge in [0.25, 0.3) is 5.91 Å². The summed E-state index contributed by atoms with van der Waals surface area (Å²) < 4.78 is 2.22. The van der Waals surface area contributed by atoms with Crippen LogP contribution in [0.4, 0.5) is 5.69 Å². The molecule has 6 nitrogen and oxygen atoms in total. The average Bonchev–Trinajstić information content (AvgIpc) is 3.22. The van der Waals surface area contributed by atoms with Crippen molar-refractivity contribution >= 4 is 57.0 Å². The maximum Gasteiger partial charge on any atom is 0.271 e. The standard InChI is InChI=1S/C24H20N4O2S2/c1-16(29)26-20-12-8-17(9-13-20)14-25-28-23(30)19-10-6-18(7-11-19)15-31-24-27-21-4-2-3-5-22(21)32-24/h2-14H,15H2,1H3,(H,26,29)(H,28,30)/b25-14+. The molecule has 4 rings (SSSR count). The molecule has 0 radical (unpaired) electrons. The van der Waals surface area contributed by atoms with Gasteiger partial charge in [0.1, 0.15) is 0 Å². The molecule has 1 aromatic heterocycles. The highest BCUT2D eigenvalue weighted by Crippen LogP contribution is 2.31. The molecule has 0 fully saturated rings. The minimum Gasteiger partial charge on any atom is -0.326 e. The molecule has 0 unspecified atom stereocenters. The van der Waals surface area contributed by atoms with Crippen LogP contribution in [0.2, 0.25) is 0 Å². The van der Waals surface area contributed by atoms with Crippen molar-refractivity contribution in [2.75, 3.05) is 5.32 Å². The Morgan fingerprint density at radius 3 is 2.50 bits per heavy atom.